The third-order valence-electron chi connectivity index (χ3n) is 5.96. The average molecular weight is 376 g/mol. The van der Waals surface area contributed by atoms with Gasteiger partial charge < -0.3 is 4.57 Å². The summed E-state index contributed by atoms with van der Waals surface area (Å²) in [6.45, 7) is 0. The third-order valence-corrected chi connectivity index (χ3v) is 5.96. The van der Waals surface area contributed by atoms with E-state index in [0.29, 0.717) is 11.1 Å². The van der Waals surface area contributed by atoms with Crippen molar-refractivity contribution >= 4 is 44.4 Å². The van der Waals surface area contributed by atoms with E-state index in [1.165, 1.54) is 5.39 Å². The fourth-order valence-electron chi connectivity index (χ4n) is 4.72. The van der Waals surface area contributed by atoms with Gasteiger partial charge in [-0.15, -0.1) is 0 Å². The van der Waals surface area contributed by atoms with Crippen LogP contribution >= 0.6 is 0 Å². The molecule has 138 valence electrons. The number of amides is 2. The number of rotatable bonds is 1. The number of hydrogen-bond acceptors (Lipinski definition) is 2. The summed E-state index contributed by atoms with van der Waals surface area (Å²) in [5, 5.41) is 6.47. The van der Waals surface area contributed by atoms with Gasteiger partial charge in [0.1, 0.15) is 0 Å². The third kappa shape index (κ3) is 2.03. The number of para-hydroxylation sites is 2. The molecule has 0 radical (unpaired) electrons. The Bertz CT molecular complexity index is 1530. The summed E-state index contributed by atoms with van der Waals surface area (Å²) < 4.78 is 2.18. The lowest BCUT2D eigenvalue weighted by Gasteiger charge is -2.20. The van der Waals surface area contributed by atoms with E-state index in [1.54, 1.807) is 6.07 Å². The van der Waals surface area contributed by atoms with Gasteiger partial charge >= 0.3 is 0 Å². The minimum atomic E-state index is -0.343. The highest BCUT2D eigenvalue weighted by Gasteiger charge is 2.28. The van der Waals surface area contributed by atoms with Gasteiger partial charge in [-0.2, -0.15) is 0 Å². The molecule has 0 unspecified atom stereocenters. The number of imide groups is 1. The zero-order valence-corrected chi connectivity index (χ0v) is 15.7. The number of fused-ring (bicyclic) bond motifs is 3. The molecule has 6 rings (SSSR count). The molecule has 2 heterocycles. The van der Waals surface area contributed by atoms with Gasteiger partial charge in [0.2, 0.25) is 0 Å². The van der Waals surface area contributed by atoms with Gasteiger partial charge in [-0.05, 0) is 23.1 Å². The molecular weight excluding hydrogens is 360 g/mol. The van der Waals surface area contributed by atoms with Crippen LogP contribution in [0.3, 0.4) is 0 Å². The summed E-state index contributed by atoms with van der Waals surface area (Å²) in [5.74, 6) is -0.682. The highest BCUT2D eigenvalue weighted by Crippen LogP contribution is 2.39. The van der Waals surface area contributed by atoms with Crippen molar-refractivity contribution in [2.75, 3.05) is 0 Å². The van der Waals surface area contributed by atoms with E-state index < -0.39 is 0 Å². The molecular formula is C25H16N2O2. The van der Waals surface area contributed by atoms with Gasteiger partial charge in [-0.3, -0.25) is 14.9 Å². The number of hydrogen-bond donors (Lipinski definition) is 1. The first kappa shape index (κ1) is 16.1. The minimum Gasteiger partial charge on any atom is -0.343 e. The molecule has 29 heavy (non-hydrogen) atoms. The van der Waals surface area contributed by atoms with Crippen molar-refractivity contribution < 1.29 is 9.59 Å². The second-order valence-corrected chi connectivity index (χ2v) is 7.45. The van der Waals surface area contributed by atoms with Gasteiger partial charge in [0.25, 0.3) is 11.8 Å². The smallest absolute Gasteiger partial charge is 0.259 e. The van der Waals surface area contributed by atoms with Crippen molar-refractivity contribution in [1.29, 1.82) is 0 Å². The highest BCUT2D eigenvalue weighted by molar-refractivity contribution is 6.28. The molecule has 1 aliphatic heterocycles. The monoisotopic (exact) mass is 376 g/mol. The Hall–Kier alpha value is -3.92. The van der Waals surface area contributed by atoms with Crippen LogP contribution in [0.4, 0.5) is 0 Å². The van der Waals surface area contributed by atoms with Crippen molar-refractivity contribution in [3.63, 3.8) is 0 Å². The number of aromatic nitrogens is 1. The summed E-state index contributed by atoms with van der Waals surface area (Å²) in [7, 11) is 2.05. The van der Waals surface area contributed by atoms with E-state index >= 15 is 0 Å². The number of benzene rings is 4. The van der Waals surface area contributed by atoms with Crippen LogP contribution in [0, 0.1) is 0 Å². The minimum absolute atomic E-state index is 0.340. The number of carbonyl (C=O) groups is 2. The standard InChI is InChI=1S/C25H16N2O2/c1-27-20-11-3-2-7-15(20)17-8-5-9-18(23(17)27)16-13-12-14-6-4-10-19-21(14)22(16)25(29)26-24(19)28/h2-13H,1H3,(H,26,28,29). The Balaban J connectivity index is 1.79. The van der Waals surface area contributed by atoms with Crippen molar-refractivity contribution in [2.45, 2.75) is 0 Å². The summed E-state index contributed by atoms with van der Waals surface area (Å²) in [5.41, 5.74) is 5.15. The Labute approximate surface area is 166 Å². The number of aryl methyl sites for hydroxylation is 1. The second-order valence-electron chi connectivity index (χ2n) is 7.45. The van der Waals surface area contributed by atoms with Gasteiger partial charge in [0.05, 0.1) is 11.1 Å². The van der Waals surface area contributed by atoms with Gasteiger partial charge in [-0.1, -0.05) is 60.7 Å². The largest absolute Gasteiger partial charge is 0.343 e. The van der Waals surface area contributed by atoms with Gasteiger partial charge in [0, 0.05) is 39.8 Å². The van der Waals surface area contributed by atoms with E-state index in [0.717, 1.165) is 38.3 Å². The molecule has 1 aliphatic rings. The topological polar surface area (TPSA) is 51.1 Å². The SMILES string of the molecule is Cn1c2ccccc2c2cccc(-c3ccc4cccc5c4c3C(=O)NC5=O)c21. The summed E-state index contributed by atoms with van der Waals surface area (Å²) >= 11 is 0. The predicted octanol–water partition coefficient (Wildman–Crippen LogP) is 5.04. The number of nitrogens with zero attached hydrogens (tertiary/aromatic N) is 1. The highest BCUT2D eigenvalue weighted by atomic mass is 16.2. The van der Waals surface area contributed by atoms with Crippen molar-refractivity contribution in [2.24, 2.45) is 7.05 Å². The maximum Gasteiger partial charge on any atom is 0.259 e. The Morgan fingerprint density at radius 1 is 0.690 bits per heavy atom. The van der Waals surface area contributed by atoms with Crippen LogP contribution in [0.15, 0.2) is 72.8 Å². The van der Waals surface area contributed by atoms with Crippen LogP contribution in [0.2, 0.25) is 0 Å². The molecule has 4 aromatic carbocycles. The van der Waals surface area contributed by atoms with E-state index in [9.17, 15) is 9.59 Å². The van der Waals surface area contributed by atoms with Crippen LogP contribution < -0.4 is 5.32 Å². The molecule has 0 fully saturated rings. The molecule has 4 nitrogen and oxygen atoms in total. The van der Waals surface area contributed by atoms with E-state index in [-0.39, 0.29) is 11.8 Å². The molecule has 0 atom stereocenters. The maximum atomic E-state index is 12.9. The lowest BCUT2D eigenvalue weighted by atomic mass is 9.88. The molecule has 0 saturated heterocycles. The van der Waals surface area contributed by atoms with Crippen LogP contribution in [-0.2, 0) is 7.05 Å². The second kappa shape index (κ2) is 5.55. The van der Waals surface area contributed by atoms with Crippen LogP contribution in [0.5, 0.6) is 0 Å². The van der Waals surface area contributed by atoms with Crippen LogP contribution in [-0.4, -0.2) is 16.4 Å². The molecule has 5 aromatic rings. The molecule has 0 aliphatic carbocycles. The molecule has 0 spiro atoms. The van der Waals surface area contributed by atoms with Crippen LogP contribution in [0.25, 0.3) is 43.7 Å². The predicted molar refractivity (Wildman–Crippen MR) is 115 cm³/mol. The van der Waals surface area contributed by atoms with E-state index in [2.05, 4.69) is 35.1 Å². The zero-order chi connectivity index (χ0) is 19.7. The van der Waals surface area contributed by atoms with Crippen molar-refractivity contribution in [1.82, 2.24) is 9.88 Å². The van der Waals surface area contributed by atoms with E-state index in [1.807, 2.05) is 48.5 Å². The fraction of sp³-hybridized carbons (Fsp3) is 0.0400. The molecule has 1 aromatic heterocycles. The first-order valence-corrected chi connectivity index (χ1v) is 9.53. The molecule has 2 amide bonds. The number of nitrogens with one attached hydrogen (secondary N) is 1. The summed E-state index contributed by atoms with van der Waals surface area (Å²) in [6.07, 6.45) is 0. The van der Waals surface area contributed by atoms with E-state index in [4.69, 9.17) is 0 Å². The molecule has 0 saturated carbocycles. The summed E-state index contributed by atoms with van der Waals surface area (Å²) in [4.78, 5) is 25.3. The fourth-order valence-corrected chi connectivity index (χ4v) is 4.72. The van der Waals surface area contributed by atoms with Crippen LogP contribution in [0.1, 0.15) is 20.7 Å². The Morgan fingerprint density at radius 3 is 2.34 bits per heavy atom. The zero-order valence-electron chi connectivity index (χ0n) is 15.7. The molecule has 0 bridgehead atoms. The maximum absolute atomic E-state index is 12.9. The average Bonchev–Trinajstić information content (AvgIpc) is 3.04. The van der Waals surface area contributed by atoms with Crippen molar-refractivity contribution in [3.05, 3.63) is 83.9 Å². The van der Waals surface area contributed by atoms with Crippen molar-refractivity contribution in [3.8, 4) is 11.1 Å². The first-order chi connectivity index (χ1) is 14.1. The Kier molecular flexibility index (Phi) is 3.08. The van der Waals surface area contributed by atoms with Gasteiger partial charge in [0.15, 0.2) is 0 Å². The summed E-state index contributed by atoms with van der Waals surface area (Å²) in [6, 6.07) is 24.0. The molecule has 1 N–H and O–H groups in total. The lowest BCUT2D eigenvalue weighted by Crippen LogP contribution is -2.35. The molecule has 4 heteroatoms. The lowest BCUT2D eigenvalue weighted by molar-refractivity contribution is 0.0845. The first-order valence-electron chi connectivity index (χ1n) is 9.53. The Morgan fingerprint density at radius 2 is 1.45 bits per heavy atom. The normalized spacial score (nSPS) is 13.4. The van der Waals surface area contributed by atoms with Gasteiger partial charge in [-0.25, -0.2) is 0 Å². The number of carbonyl (C=O) groups excluding carboxylic acids is 2. The quantitative estimate of drug-likeness (QED) is 0.417.